The van der Waals surface area contributed by atoms with Gasteiger partial charge in [-0.15, -0.1) is 0 Å². The Kier molecular flexibility index (Phi) is 3.98. The minimum absolute atomic E-state index is 0.207. The monoisotopic (exact) mass is 317 g/mol. The van der Waals surface area contributed by atoms with Gasteiger partial charge < -0.3 is 0 Å². The van der Waals surface area contributed by atoms with Crippen molar-refractivity contribution in [3.05, 3.63) is 70.9 Å². The molecule has 22 heavy (non-hydrogen) atoms. The van der Waals surface area contributed by atoms with Gasteiger partial charge in [0.05, 0.1) is 17.4 Å². The quantitative estimate of drug-likeness (QED) is 0.435. The lowest BCUT2D eigenvalue weighted by molar-refractivity contribution is 0.584. The molecule has 0 saturated heterocycles. The Morgan fingerprint density at radius 1 is 1.05 bits per heavy atom. The highest BCUT2D eigenvalue weighted by molar-refractivity contribution is 6.32. The third kappa shape index (κ3) is 3.20. The van der Waals surface area contributed by atoms with Crippen LogP contribution in [0.25, 0.3) is 10.9 Å². The number of hydrogen-bond acceptors (Lipinski definition) is 3. The van der Waals surface area contributed by atoms with Gasteiger partial charge in [0.15, 0.2) is 0 Å². The van der Waals surface area contributed by atoms with Crippen molar-refractivity contribution in [3.8, 4) is 0 Å². The standard InChI is InChI=1S/C16H10ClF2N3/c17-16-11(5-10-3-1-2-4-15(10)21-16)9-20-22-14-7-12(18)6-13(19)8-14/h1-9,22H/b20-9+. The molecule has 0 aliphatic rings. The van der Waals surface area contributed by atoms with Crippen molar-refractivity contribution in [1.82, 2.24) is 4.98 Å². The Labute approximate surface area is 130 Å². The maximum atomic E-state index is 13.1. The van der Waals surface area contributed by atoms with Crippen molar-refractivity contribution in [1.29, 1.82) is 0 Å². The number of benzene rings is 2. The van der Waals surface area contributed by atoms with Crippen molar-refractivity contribution in [2.75, 3.05) is 5.43 Å². The first-order chi connectivity index (χ1) is 10.6. The number of nitrogens with zero attached hydrogens (tertiary/aromatic N) is 2. The average molecular weight is 318 g/mol. The number of hydrogen-bond donors (Lipinski definition) is 1. The number of rotatable bonds is 3. The lowest BCUT2D eigenvalue weighted by Crippen LogP contribution is -1.94. The van der Waals surface area contributed by atoms with E-state index in [1.807, 2.05) is 30.3 Å². The van der Waals surface area contributed by atoms with Gasteiger partial charge in [-0.2, -0.15) is 5.10 Å². The molecule has 0 bridgehead atoms. The van der Waals surface area contributed by atoms with Crippen LogP contribution in [0.5, 0.6) is 0 Å². The molecule has 0 spiro atoms. The van der Waals surface area contributed by atoms with Gasteiger partial charge in [-0.05, 0) is 24.3 Å². The first-order valence-corrected chi connectivity index (χ1v) is 6.80. The Hall–Kier alpha value is -2.53. The lowest BCUT2D eigenvalue weighted by atomic mass is 10.2. The van der Waals surface area contributed by atoms with Gasteiger partial charge in [0.25, 0.3) is 0 Å². The normalized spacial score (nSPS) is 11.2. The molecule has 0 amide bonds. The second-order valence-corrected chi connectivity index (χ2v) is 4.95. The summed E-state index contributed by atoms with van der Waals surface area (Å²) in [5.74, 6) is -1.36. The molecule has 6 heteroatoms. The molecule has 0 radical (unpaired) electrons. The minimum atomic E-state index is -0.678. The number of hydrazone groups is 1. The first kappa shape index (κ1) is 14.4. The largest absolute Gasteiger partial charge is 0.278 e. The van der Waals surface area contributed by atoms with Crippen molar-refractivity contribution >= 4 is 34.4 Å². The molecule has 0 aliphatic carbocycles. The molecule has 2 aromatic carbocycles. The van der Waals surface area contributed by atoms with Crippen LogP contribution in [0.4, 0.5) is 14.5 Å². The van der Waals surface area contributed by atoms with Gasteiger partial charge in [-0.1, -0.05) is 29.8 Å². The molecule has 1 N–H and O–H groups in total. The van der Waals surface area contributed by atoms with E-state index < -0.39 is 11.6 Å². The second-order valence-electron chi connectivity index (χ2n) is 4.59. The lowest BCUT2D eigenvalue weighted by Gasteiger charge is -2.03. The number of pyridine rings is 1. The van der Waals surface area contributed by atoms with Crippen LogP contribution in [0.15, 0.2) is 53.6 Å². The average Bonchev–Trinajstić information content (AvgIpc) is 2.47. The number of aromatic nitrogens is 1. The number of fused-ring (bicyclic) bond motifs is 1. The number of nitrogens with one attached hydrogen (secondary N) is 1. The fourth-order valence-electron chi connectivity index (χ4n) is 1.99. The van der Waals surface area contributed by atoms with E-state index in [0.717, 1.165) is 29.1 Å². The van der Waals surface area contributed by atoms with Gasteiger partial charge in [-0.3, -0.25) is 5.43 Å². The molecule has 1 aromatic heterocycles. The summed E-state index contributed by atoms with van der Waals surface area (Å²) in [6.07, 6.45) is 1.45. The molecule has 110 valence electrons. The summed E-state index contributed by atoms with van der Waals surface area (Å²) in [6, 6.07) is 12.4. The molecule has 1 heterocycles. The van der Waals surface area contributed by atoms with Crippen LogP contribution in [0.2, 0.25) is 5.15 Å². The summed E-state index contributed by atoms with van der Waals surface area (Å²) >= 11 is 6.09. The van der Waals surface area contributed by atoms with E-state index in [0.29, 0.717) is 10.7 Å². The molecule has 0 aliphatic heterocycles. The number of halogens is 3. The molecule has 0 unspecified atom stereocenters. The second kappa shape index (κ2) is 6.07. The Balaban J connectivity index is 1.84. The Morgan fingerprint density at radius 2 is 1.77 bits per heavy atom. The zero-order valence-corrected chi connectivity index (χ0v) is 12.0. The third-order valence-corrected chi connectivity index (χ3v) is 3.27. The van der Waals surface area contributed by atoms with Crippen molar-refractivity contribution < 1.29 is 8.78 Å². The van der Waals surface area contributed by atoms with Crippen LogP contribution < -0.4 is 5.43 Å². The number of para-hydroxylation sites is 1. The summed E-state index contributed by atoms with van der Waals surface area (Å²) < 4.78 is 26.1. The SMILES string of the molecule is Fc1cc(F)cc(N/N=C/c2cc3ccccc3nc2Cl)c1. The van der Waals surface area contributed by atoms with Crippen molar-refractivity contribution in [3.63, 3.8) is 0 Å². The predicted octanol–water partition coefficient (Wildman–Crippen LogP) is 4.61. The summed E-state index contributed by atoms with van der Waals surface area (Å²) in [5, 5.41) is 5.15. The molecule has 0 atom stereocenters. The molecule has 0 fully saturated rings. The van der Waals surface area contributed by atoms with E-state index in [9.17, 15) is 8.78 Å². The highest BCUT2D eigenvalue weighted by atomic mass is 35.5. The zero-order valence-electron chi connectivity index (χ0n) is 11.2. The van der Waals surface area contributed by atoms with Crippen LogP contribution in [-0.2, 0) is 0 Å². The fourth-order valence-corrected chi connectivity index (χ4v) is 2.19. The van der Waals surface area contributed by atoms with Crippen LogP contribution in [0.1, 0.15) is 5.56 Å². The predicted molar refractivity (Wildman–Crippen MR) is 84.3 cm³/mol. The minimum Gasteiger partial charge on any atom is -0.278 e. The van der Waals surface area contributed by atoms with E-state index in [4.69, 9.17) is 11.6 Å². The van der Waals surface area contributed by atoms with Crippen LogP contribution in [0.3, 0.4) is 0 Å². The van der Waals surface area contributed by atoms with Gasteiger partial charge >= 0.3 is 0 Å². The Bertz CT molecular complexity index is 845. The molecular formula is C16H10ClF2N3. The van der Waals surface area contributed by atoms with E-state index in [1.54, 1.807) is 0 Å². The van der Waals surface area contributed by atoms with Crippen LogP contribution >= 0.6 is 11.6 Å². The molecule has 0 saturated carbocycles. The van der Waals surface area contributed by atoms with E-state index in [2.05, 4.69) is 15.5 Å². The van der Waals surface area contributed by atoms with E-state index in [1.165, 1.54) is 6.21 Å². The molecule has 3 nitrogen and oxygen atoms in total. The van der Waals surface area contributed by atoms with Gasteiger partial charge in [-0.25, -0.2) is 13.8 Å². The molecular weight excluding hydrogens is 308 g/mol. The smallest absolute Gasteiger partial charge is 0.138 e. The van der Waals surface area contributed by atoms with Gasteiger partial charge in [0.1, 0.15) is 16.8 Å². The topological polar surface area (TPSA) is 37.3 Å². The fraction of sp³-hybridized carbons (Fsp3) is 0. The maximum Gasteiger partial charge on any atom is 0.138 e. The summed E-state index contributed by atoms with van der Waals surface area (Å²) in [6.45, 7) is 0. The summed E-state index contributed by atoms with van der Waals surface area (Å²) in [7, 11) is 0. The summed E-state index contributed by atoms with van der Waals surface area (Å²) in [5.41, 5.74) is 4.14. The highest BCUT2D eigenvalue weighted by Gasteiger charge is 2.03. The molecule has 3 rings (SSSR count). The van der Waals surface area contributed by atoms with Crippen LogP contribution in [-0.4, -0.2) is 11.2 Å². The first-order valence-electron chi connectivity index (χ1n) is 6.42. The number of anilines is 1. The Morgan fingerprint density at radius 3 is 2.55 bits per heavy atom. The highest BCUT2D eigenvalue weighted by Crippen LogP contribution is 2.19. The maximum absolute atomic E-state index is 13.1. The third-order valence-electron chi connectivity index (χ3n) is 2.96. The van der Waals surface area contributed by atoms with Gasteiger partial charge in [0, 0.05) is 17.0 Å². The van der Waals surface area contributed by atoms with Gasteiger partial charge in [0.2, 0.25) is 0 Å². The van der Waals surface area contributed by atoms with Crippen LogP contribution in [0, 0.1) is 11.6 Å². The molecule has 3 aromatic rings. The van der Waals surface area contributed by atoms with E-state index in [-0.39, 0.29) is 5.69 Å². The summed E-state index contributed by atoms with van der Waals surface area (Å²) in [4.78, 5) is 4.26. The zero-order chi connectivity index (χ0) is 15.5. The van der Waals surface area contributed by atoms with Crippen molar-refractivity contribution in [2.24, 2.45) is 5.10 Å². The van der Waals surface area contributed by atoms with E-state index >= 15 is 0 Å². The van der Waals surface area contributed by atoms with Crippen molar-refractivity contribution in [2.45, 2.75) is 0 Å².